The van der Waals surface area contributed by atoms with Crippen molar-refractivity contribution in [2.75, 3.05) is 5.32 Å². The maximum atomic E-state index is 14.7. The monoisotopic (exact) mass is 471 g/mol. The van der Waals surface area contributed by atoms with Gasteiger partial charge in [0.25, 0.3) is 5.56 Å². The number of fused-ring (bicyclic) bond motifs is 2. The first-order valence-electron chi connectivity index (χ1n) is 9.62. The molecular formula is C21H13ClF3N7O. The van der Waals surface area contributed by atoms with Crippen LogP contribution in [0.25, 0.3) is 27.8 Å². The van der Waals surface area contributed by atoms with Gasteiger partial charge < -0.3 is 10.3 Å². The fourth-order valence-electron chi connectivity index (χ4n) is 3.56. The molecule has 0 aliphatic heterocycles. The number of aromatic nitrogens is 6. The highest BCUT2D eigenvalue weighted by atomic mass is 35.5. The van der Waals surface area contributed by atoms with Crippen molar-refractivity contribution in [1.29, 1.82) is 0 Å². The zero-order chi connectivity index (χ0) is 23.3. The third-order valence-corrected chi connectivity index (χ3v) is 5.44. The fraction of sp³-hybridized carbons (Fsp3) is 0.0952. The van der Waals surface area contributed by atoms with Gasteiger partial charge in [0, 0.05) is 6.07 Å². The van der Waals surface area contributed by atoms with Gasteiger partial charge in [0.2, 0.25) is 0 Å². The Morgan fingerprint density at radius 1 is 1.09 bits per heavy atom. The SMILES string of the molecule is C[C@H](Nc1ncnc2nc[nH]c12)c1nc2ccc(F)c(Cl)c2c(=O)n1-c1ccc(F)cc1F. The lowest BCUT2D eigenvalue weighted by Gasteiger charge is -2.20. The number of rotatable bonds is 4. The molecule has 0 aliphatic carbocycles. The molecule has 0 saturated carbocycles. The second kappa shape index (κ2) is 7.85. The molecule has 0 amide bonds. The van der Waals surface area contributed by atoms with Crippen LogP contribution in [-0.2, 0) is 0 Å². The van der Waals surface area contributed by atoms with E-state index in [1.165, 1.54) is 18.7 Å². The molecule has 8 nitrogen and oxygen atoms in total. The maximum Gasteiger partial charge on any atom is 0.267 e. The number of aromatic amines is 1. The number of nitrogens with zero attached hydrogens (tertiary/aromatic N) is 5. The summed E-state index contributed by atoms with van der Waals surface area (Å²) < 4.78 is 43.3. The van der Waals surface area contributed by atoms with Crippen molar-refractivity contribution in [2.24, 2.45) is 0 Å². The molecule has 2 N–H and O–H groups in total. The van der Waals surface area contributed by atoms with Crippen molar-refractivity contribution in [1.82, 2.24) is 29.5 Å². The Morgan fingerprint density at radius 2 is 1.91 bits per heavy atom. The summed E-state index contributed by atoms with van der Waals surface area (Å²) in [5.74, 6) is -2.22. The molecule has 12 heteroatoms. The summed E-state index contributed by atoms with van der Waals surface area (Å²) in [7, 11) is 0. The summed E-state index contributed by atoms with van der Waals surface area (Å²) in [6.45, 7) is 1.67. The van der Waals surface area contributed by atoms with Crippen molar-refractivity contribution in [3.63, 3.8) is 0 Å². The van der Waals surface area contributed by atoms with Crippen LogP contribution >= 0.6 is 11.6 Å². The highest BCUT2D eigenvalue weighted by Gasteiger charge is 2.23. The second-order valence-corrected chi connectivity index (χ2v) is 7.53. The van der Waals surface area contributed by atoms with Gasteiger partial charge in [-0.2, -0.15) is 0 Å². The van der Waals surface area contributed by atoms with E-state index in [1.54, 1.807) is 6.92 Å². The van der Waals surface area contributed by atoms with Crippen LogP contribution in [0.3, 0.4) is 0 Å². The van der Waals surface area contributed by atoms with E-state index in [0.29, 0.717) is 23.0 Å². The van der Waals surface area contributed by atoms with Crippen LogP contribution in [0.2, 0.25) is 5.02 Å². The maximum absolute atomic E-state index is 14.7. The summed E-state index contributed by atoms with van der Waals surface area (Å²) >= 11 is 6.04. The number of hydrogen-bond donors (Lipinski definition) is 2. The minimum atomic E-state index is -1.00. The zero-order valence-electron chi connectivity index (χ0n) is 16.8. The summed E-state index contributed by atoms with van der Waals surface area (Å²) in [5.41, 5.74) is -0.0436. The summed E-state index contributed by atoms with van der Waals surface area (Å²) in [6, 6.07) is 4.40. The summed E-state index contributed by atoms with van der Waals surface area (Å²) in [6.07, 6.45) is 2.76. The Morgan fingerprint density at radius 3 is 2.70 bits per heavy atom. The van der Waals surface area contributed by atoms with Crippen molar-refractivity contribution < 1.29 is 13.2 Å². The standard InChI is InChI=1S/C21H13ClF3N7O/c1-9(30-19-17-18(27-7-26-17)28-8-29-19)20-31-13-4-3-11(24)16(22)15(13)21(33)32(20)14-5-2-10(23)6-12(14)25/h2-9H,1H3,(H2,26,27,28,29,30)/t9-/m0/s1. The van der Waals surface area contributed by atoms with Crippen LogP contribution in [0, 0.1) is 17.5 Å². The van der Waals surface area contributed by atoms with Crippen LogP contribution in [0.5, 0.6) is 0 Å². The first-order chi connectivity index (χ1) is 15.8. The molecule has 0 bridgehead atoms. The van der Waals surface area contributed by atoms with E-state index in [9.17, 15) is 18.0 Å². The van der Waals surface area contributed by atoms with E-state index >= 15 is 0 Å². The Bertz CT molecular complexity index is 1600. The Balaban J connectivity index is 1.76. The van der Waals surface area contributed by atoms with Gasteiger partial charge in [0.1, 0.15) is 35.1 Å². The molecule has 3 heterocycles. The lowest BCUT2D eigenvalue weighted by Crippen LogP contribution is -2.28. The number of anilines is 1. The quantitative estimate of drug-likeness (QED) is 0.405. The van der Waals surface area contributed by atoms with Gasteiger partial charge in [-0.25, -0.2) is 33.1 Å². The molecule has 0 radical (unpaired) electrons. The van der Waals surface area contributed by atoms with Crippen molar-refractivity contribution in [3.8, 4) is 5.69 Å². The Kier molecular flexibility index (Phi) is 4.97. The summed E-state index contributed by atoms with van der Waals surface area (Å²) in [5, 5.41) is 2.43. The van der Waals surface area contributed by atoms with Crippen LogP contribution in [0.4, 0.5) is 19.0 Å². The van der Waals surface area contributed by atoms with Crippen LogP contribution in [-0.4, -0.2) is 29.5 Å². The molecule has 166 valence electrons. The zero-order valence-corrected chi connectivity index (χ0v) is 17.5. The molecule has 0 aliphatic rings. The molecule has 1 atom stereocenters. The van der Waals surface area contributed by atoms with Gasteiger partial charge in [0.05, 0.1) is 34.0 Å². The van der Waals surface area contributed by atoms with E-state index < -0.39 is 34.1 Å². The molecule has 3 aromatic heterocycles. The van der Waals surface area contributed by atoms with Crippen LogP contribution in [0.15, 0.2) is 47.8 Å². The molecule has 0 saturated heterocycles. The van der Waals surface area contributed by atoms with Crippen molar-refractivity contribution in [2.45, 2.75) is 13.0 Å². The van der Waals surface area contributed by atoms with Gasteiger partial charge in [-0.3, -0.25) is 9.36 Å². The highest BCUT2D eigenvalue weighted by Crippen LogP contribution is 2.28. The molecule has 0 unspecified atom stereocenters. The van der Waals surface area contributed by atoms with Gasteiger partial charge in [-0.05, 0) is 31.2 Å². The number of imidazole rings is 1. The molecule has 5 rings (SSSR count). The first kappa shape index (κ1) is 20.9. The van der Waals surface area contributed by atoms with E-state index in [-0.39, 0.29) is 22.4 Å². The van der Waals surface area contributed by atoms with Gasteiger partial charge in [-0.15, -0.1) is 0 Å². The topological polar surface area (TPSA) is 101 Å². The predicted molar refractivity (Wildman–Crippen MR) is 116 cm³/mol. The number of H-pyrrole nitrogens is 1. The van der Waals surface area contributed by atoms with E-state index in [1.807, 2.05) is 0 Å². The van der Waals surface area contributed by atoms with Crippen LogP contribution in [0.1, 0.15) is 18.8 Å². The first-order valence-corrected chi connectivity index (χ1v) is 9.99. The molecule has 5 aromatic rings. The number of halogens is 4. The van der Waals surface area contributed by atoms with E-state index in [0.717, 1.165) is 22.8 Å². The third kappa shape index (κ3) is 3.46. The predicted octanol–water partition coefficient (Wildman–Crippen LogP) is 4.30. The normalized spacial score (nSPS) is 12.4. The van der Waals surface area contributed by atoms with Crippen molar-refractivity contribution in [3.05, 3.63) is 81.6 Å². The minimum absolute atomic E-state index is 0.0620. The number of hydrogen-bond acceptors (Lipinski definition) is 6. The second-order valence-electron chi connectivity index (χ2n) is 7.15. The van der Waals surface area contributed by atoms with E-state index in [4.69, 9.17) is 11.6 Å². The molecule has 0 spiro atoms. The molecule has 0 fully saturated rings. The third-order valence-electron chi connectivity index (χ3n) is 5.07. The van der Waals surface area contributed by atoms with Crippen LogP contribution < -0.4 is 10.9 Å². The lowest BCUT2D eigenvalue weighted by molar-refractivity contribution is 0.572. The van der Waals surface area contributed by atoms with Gasteiger partial charge >= 0.3 is 0 Å². The van der Waals surface area contributed by atoms with Gasteiger partial charge in [0.15, 0.2) is 11.5 Å². The molecule has 33 heavy (non-hydrogen) atoms. The van der Waals surface area contributed by atoms with Gasteiger partial charge in [-0.1, -0.05) is 11.6 Å². The van der Waals surface area contributed by atoms with E-state index in [2.05, 4.69) is 30.2 Å². The van der Waals surface area contributed by atoms with Crippen molar-refractivity contribution >= 4 is 39.5 Å². The smallest absolute Gasteiger partial charge is 0.267 e. The highest BCUT2D eigenvalue weighted by molar-refractivity contribution is 6.35. The average molecular weight is 472 g/mol. The minimum Gasteiger partial charge on any atom is -0.358 e. The fourth-order valence-corrected chi connectivity index (χ4v) is 3.80. The Labute approximate surface area is 188 Å². The Hall–Kier alpha value is -3.99. The summed E-state index contributed by atoms with van der Waals surface area (Å²) in [4.78, 5) is 33.1. The number of nitrogens with one attached hydrogen (secondary N) is 2. The lowest BCUT2D eigenvalue weighted by atomic mass is 10.2. The average Bonchev–Trinajstić information content (AvgIpc) is 3.27. The molecule has 2 aromatic carbocycles. The molecular weight excluding hydrogens is 459 g/mol. The number of benzene rings is 2. The largest absolute Gasteiger partial charge is 0.358 e.